The first-order chi connectivity index (χ1) is 16.3. The lowest BCUT2D eigenvalue weighted by Gasteiger charge is -2.42. The van der Waals surface area contributed by atoms with E-state index in [9.17, 15) is 14.4 Å². The predicted octanol–water partition coefficient (Wildman–Crippen LogP) is 3.41. The molecule has 7 nitrogen and oxygen atoms in total. The highest BCUT2D eigenvalue weighted by Gasteiger charge is 2.36. The Kier molecular flexibility index (Phi) is 5.63. The third kappa shape index (κ3) is 4.06. The third-order valence-electron chi connectivity index (χ3n) is 6.90. The second-order valence-corrected chi connectivity index (χ2v) is 9.57. The SMILES string of the molecule is C=C(C)COc1ccc2c(C)c(CC(=O)N3C[C@@H]4C[C@H](C3)c3cccc(=O)n3C4)c(=O)oc2c1. The largest absolute Gasteiger partial charge is 0.489 e. The standard InChI is InChI=1S/C27H28N2O5/c1-16(2)15-33-20-7-8-21-17(3)22(27(32)34-24(21)10-20)11-26(31)28-12-18-9-19(14-28)23-5-4-6-25(30)29(23)13-18/h4-8,10,18-19H,1,9,11-15H2,2-3H3/t18-,19+/m0/s1. The van der Waals surface area contributed by atoms with E-state index >= 15 is 0 Å². The Balaban J connectivity index is 1.37. The van der Waals surface area contributed by atoms with Crippen LogP contribution in [0.4, 0.5) is 0 Å². The Hall–Kier alpha value is -3.61. The molecule has 0 aliphatic carbocycles. The summed E-state index contributed by atoms with van der Waals surface area (Å²) in [6, 6.07) is 10.7. The van der Waals surface area contributed by atoms with Crippen LogP contribution in [0.5, 0.6) is 5.75 Å². The van der Waals surface area contributed by atoms with Gasteiger partial charge >= 0.3 is 5.63 Å². The van der Waals surface area contributed by atoms with Crippen molar-refractivity contribution in [3.05, 3.63) is 86.1 Å². The highest BCUT2D eigenvalue weighted by molar-refractivity contribution is 5.85. The first-order valence-electron chi connectivity index (χ1n) is 11.6. The molecule has 0 radical (unpaired) electrons. The van der Waals surface area contributed by atoms with Crippen LogP contribution < -0.4 is 15.9 Å². The zero-order valence-electron chi connectivity index (χ0n) is 19.5. The molecule has 0 unspecified atom stereocenters. The number of benzene rings is 1. The van der Waals surface area contributed by atoms with Crippen LogP contribution in [0.3, 0.4) is 0 Å². The van der Waals surface area contributed by atoms with Crippen molar-refractivity contribution in [3.8, 4) is 5.75 Å². The summed E-state index contributed by atoms with van der Waals surface area (Å²) in [4.78, 5) is 40.2. The summed E-state index contributed by atoms with van der Waals surface area (Å²) in [7, 11) is 0. The summed E-state index contributed by atoms with van der Waals surface area (Å²) >= 11 is 0. The number of ether oxygens (including phenoxy) is 1. The van der Waals surface area contributed by atoms with Crippen molar-refractivity contribution < 1.29 is 13.9 Å². The van der Waals surface area contributed by atoms with Gasteiger partial charge in [-0.15, -0.1) is 0 Å². The number of amides is 1. The number of rotatable bonds is 5. The Morgan fingerprint density at radius 3 is 2.79 bits per heavy atom. The molecule has 2 atom stereocenters. The first-order valence-corrected chi connectivity index (χ1v) is 11.6. The Morgan fingerprint density at radius 1 is 1.18 bits per heavy atom. The van der Waals surface area contributed by atoms with Crippen LogP contribution >= 0.6 is 0 Å². The molecule has 0 N–H and O–H groups in total. The molecule has 1 saturated heterocycles. The van der Waals surface area contributed by atoms with Crippen molar-refractivity contribution in [2.45, 2.75) is 39.2 Å². The summed E-state index contributed by atoms with van der Waals surface area (Å²) in [5, 5.41) is 0.786. The average Bonchev–Trinajstić information content (AvgIpc) is 2.80. The van der Waals surface area contributed by atoms with Gasteiger partial charge in [-0.3, -0.25) is 9.59 Å². The maximum absolute atomic E-state index is 13.3. The summed E-state index contributed by atoms with van der Waals surface area (Å²) in [5.74, 6) is 0.887. The van der Waals surface area contributed by atoms with Gasteiger partial charge < -0.3 is 18.6 Å². The molecule has 5 rings (SSSR count). The van der Waals surface area contributed by atoms with Gasteiger partial charge in [-0.25, -0.2) is 4.79 Å². The molecule has 7 heteroatoms. The van der Waals surface area contributed by atoms with E-state index in [4.69, 9.17) is 9.15 Å². The molecular formula is C27H28N2O5. The van der Waals surface area contributed by atoms with Crippen molar-refractivity contribution in [2.24, 2.45) is 5.92 Å². The van der Waals surface area contributed by atoms with Gasteiger partial charge in [0, 0.05) is 48.8 Å². The van der Waals surface area contributed by atoms with E-state index in [1.807, 2.05) is 41.5 Å². The number of hydrogen-bond acceptors (Lipinski definition) is 5. The topological polar surface area (TPSA) is 81.8 Å². The van der Waals surface area contributed by atoms with E-state index in [0.29, 0.717) is 43.1 Å². The quantitative estimate of drug-likeness (QED) is 0.431. The van der Waals surface area contributed by atoms with Gasteiger partial charge in [-0.1, -0.05) is 12.6 Å². The Morgan fingerprint density at radius 2 is 2.00 bits per heavy atom. The summed E-state index contributed by atoms with van der Waals surface area (Å²) in [5.41, 5.74) is 2.98. The molecule has 2 bridgehead atoms. The second kappa shape index (κ2) is 8.63. The normalized spacial score (nSPS) is 19.1. The molecule has 1 aromatic carbocycles. The number of hydrogen-bond donors (Lipinski definition) is 0. The molecular weight excluding hydrogens is 432 g/mol. The van der Waals surface area contributed by atoms with Crippen LogP contribution in [0.15, 0.2) is 62.6 Å². The van der Waals surface area contributed by atoms with E-state index in [2.05, 4.69) is 6.58 Å². The number of carbonyl (C=O) groups excluding carboxylic acids is 1. The van der Waals surface area contributed by atoms with Gasteiger partial charge in [-0.05, 0) is 55.5 Å². The van der Waals surface area contributed by atoms with Crippen LogP contribution in [0.25, 0.3) is 11.0 Å². The summed E-state index contributed by atoms with van der Waals surface area (Å²) in [6.07, 6.45) is 0.971. The minimum atomic E-state index is -0.496. The monoisotopic (exact) mass is 460 g/mol. The molecule has 0 spiro atoms. The maximum atomic E-state index is 13.3. The van der Waals surface area contributed by atoms with Gasteiger partial charge in [0.2, 0.25) is 5.91 Å². The highest BCUT2D eigenvalue weighted by atomic mass is 16.5. The van der Waals surface area contributed by atoms with Crippen molar-refractivity contribution >= 4 is 16.9 Å². The number of pyridine rings is 1. The minimum Gasteiger partial charge on any atom is -0.489 e. The Labute approximate surface area is 197 Å². The molecule has 2 aliphatic rings. The van der Waals surface area contributed by atoms with Crippen molar-refractivity contribution in [1.82, 2.24) is 9.47 Å². The number of piperidine rings is 1. The number of carbonyl (C=O) groups is 1. The number of likely N-dealkylation sites (tertiary alicyclic amines) is 1. The Bertz CT molecular complexity index is 1420. The fourth-order valence-corrected chi connectivity index (χ4v) is 5.24. The van der Waals surface area contributed by atoms with E-state index in [-0.39, 0.29) is 29.7 Å². The molecule has 0 saturated carbocycles. The van der Waals surface area contributed by atoms with E-state index in [1.54, 1.807) is 18.2 Å². The summed E-state index contributed by atoms with van der Waals surface area (Å²) < 4.78 is 13.1. The van der Waals surface area contributed by atoms with Crippen LogP contribution in [0.2, 0.25) is 0 Å². The van der Waals surface area contributed by atoms with E-state index in [0.717, 1.165) is 28.6 Å². The van der Waals surface area contributed by atoms with Gasteiger partial charge in [0.25, 0.3) is 5.56 Å². The van der Waals surface area contributed by atoms with E-state index in [1.165, 1.54) is 0 Å². The minimum absolute atomic E-state index is 0.000940. The molecule has 34 heavy (non-hydrogen) atoms. The summed E-state index contributed by atoms with van der Waals surface area (Å²) in [6.45, 7) is 9.72. The predicted molar refractivity (Wildman–Crippen MR) is 129 cm³/mol. The molecule has 1 fully saturated rings. The molecule has 4 heterocycles. The molecule has 2 aliphatic heterocycles. The van der Waals surface area contributed by atoms with Crippen molar-refractivity contribution in [1.29, 1.82) is 0 Å². The van der Waals surface area contributed by atoms with Crippen LogP contribution in [0, 0.1) is 12.8 Å². The van der Waals surface area contributed by atoms with E-state index < -0.39 is 5.63 Å². The number of aromatic nitrogens is 1. The van der Waals surface area contributed by atoms with Gasteiger partial charge in [0.1, 0.15) is 17.9 Å². The highest BCUT2D eigenvalue weighted by Crippen LogP contribution is 2.35. The smallest absolute Gasteiger partial charge is 0.340 e. The van der Waals surface area contributed by atoms with Crippen LogP contribution in [-0.2, 0) is 17.8 Å². The molecule has 3 aromatic rings. The number of fused-ring (bicyclic) bond motifs is 5. The number of aryl methyl sites for hydroxylation is 1. The maximum Gasteiger partial charge on any atom is 0.340 e. The fourth-order valence-electron chi connectivity index (χ4n) is 5.24. The zero-order valence-corrected chi connectivity index (χ0v) is 19.5. The van der Waals surface area contributed by atoms with Gasteiger partial charge in [0.15, 0.2) is 0 Å². The lowest BCUT2D eigenvalue weighted by atomic mass is 9.83. The van der Waals surface area contributed by atoms with Crippen LogP contribution in [0.1, 0.15) is 36.1 Å². The zero-order chi connectivity index (χ0) is 24.0. The number of nitrogens with zero attached hydrogens (tertiary/aromatic N) is 2. The second-order valence-electron chi connectivity index (χ2n) is 9.57. The van der Waals surface area contributed by atoms with Crippen molar-refractivity contribution in [3.63, 3.8) is 0 Å². The lowest BCUT2D eigenvalue weighted by Crippen LogP contribution is -2.49. The molecule has 1 amide bonds. The van der Waals surface area contributed by atoms with Crippen LogP contribution in [-0.4, -0.2) is 35.1 Å². The average molecular weight is 461 g/mol. The lowest BCUT2D eigenvalue weighted by molar-refractivity contribution is -0.133. The molecule has 176 valence electrons. The molecule has 2 aromatic heterocycles. The third-order valence-corrected chi connectivity index (χ3v) is 6.90. The first kappa shape index (κ1) is 22.2. The fraction of sp³-hybridized carbons (Fsp3) is 0.370. The van der Waals surface area contributed by atoms with Gasteiger partial charge in [-0.2, -0.15) is 0 Å². The van der Waals surface area contributed by atoms with Crippen molar-refractivity contribution in [2.75, 3.05) is 19.7 Å². The van der Waals surface area contributed by atoms with Gasteiger partial charge in [0.05, 0.1) is 12.0 Å².